The van der Waals surface area contributed by atoms with Crippen molar-refractivity contribution in [1.82, 2.24) is 0 Å². The van der Waals surface area contributed by atoms with Gasteiger partial charge in [0, 0.05) is 19.4 Å². The lowest BCUT2D eigenvalue weighted by atomic mass is 9.47. The van der Waals surface area contributed by atoms with Gasteiger partial charge in [0.2, 0.25) is 0 Å². The zero-order valence-corrected chi connectivity index (χ0v) is 19.3. The lowest BCUT2D eigenvalue weighted by Gasteiger charge is -2.62. The number of fused-ring (bicyclic) bond motifs is 1. The van der Waals surface area contributed by atoms with Gasteiger partial charge in [-0.1, -0.05) is 31.2 Å². The van der Waals surface area contributed by atoms with E-state index < -0.39 is 12.1 Å². The summed E-state index contributed by atoms with van der Waals surface area (Å²) >= 11 is 0. The summed E-state index contributed by atoms with van der Waals surface area (Å²) in [7, 11) is 1.76. The Balaban J connectivity index is 1.56. The smallest absolute Gasteiger partial charge is 0.303 e. The Kier molecular flexibility index (Phi) is 8.74. The third-order valence-electron chi connectivity index (χ3n) is 7.42. The molecule has 6 atom stereocenters. The molecule has 2 fully saturated rings. The number of aliphatic hydroxyl groups is 2. The molecule has 1 aromatic carbocycles. The van der Waals surface area contributed by atoms with Gasteiger partial charge in [0.25, 0.3) is 0 Å². The Morgan fingerprint density at radius 2 is 2.03 bits per heavy atom. The van der Waals surface area contributed by atoms with Crippen LogP contribution >= 0.6 is 0 Å². The van der Waals surface area contributed by atoms with Gasteiger partial charge in [-0.3, -0.25) is 4.79 Å². The van der Waals surface area contributed by atoms with Crippen LogP contribution in [0.2, 0.25) is 0 Å². The molecule has 3 rings (SSSR count). The predicted octanol–water partition coefficient (Wildman–Crippen LogP) is 4.20. The van der Waals surface area contributed by atoms with E-state index in [1.807, 2.05) is 30.3 Å². The molecule has 0 amide bonds. The zero-order chi connectivity index (χ0) is 23.1. The monoisotopic (exact) mass is 446 g/mol. The number of para-hydroxylation sites is 1. The predicted molar refractivity (Wildman–Crippen MR) is 122 cm³/mol. The van der Waals surface area contributed by atoms with Crippen LogP contribution in [-0.2, 0) is 9.53 Å². The van der Waals surface area contributed by atoms with Crippen molar-refractivity contribution in [3.05, 3.63) is 42.0 Å². The largest absolute Gasteiger partial charge is 0.491 e. The van der Waals surface area contributed by atoms with Gasteiger partial charge >= 0.3 is 5.97 Å². The standard InChI is InChI=1S/C26H38O6/c1-18-22(11-7-4-8-12-24(29)30)26(31-2)16-15-23(28)21(25(18)26)14-13-19(27)17-32-20-9-5-3-6-10-20/h3,5-6,9-11,18-19,21,23,25,27-28H,4,7-8,12-17H2,1-2H3,(H,29,30)/t18?,19?,21-,23+,25+,26-/m1/s1. The second-order valence-corrected chi connectivity index (χ2v) is 9.33. The molecule has 32 heavy (non-hydrogen) atoms. The van der Waals surface area contributed by atoms with E-state index in [1.54, 1.807) is 7.11 Å². The van der Waals surface area contributed by atoms with Gasteiger partial charge in [-0.15, -0.1) is 0 Å². The van der Waals surface area contributed by atoms with Crippen molar-refractivity contribution in [1.29, 1.82) is 0 Å². The maximum absolute atomic E-state index is 10.8. The molecule has 3 N–H and O–H groups in total. The van der Waals surface area contributed by atoms with Crippen molar-refractivity contribution < 1.29 is 29.6 Å². The molecule has 2 aliphatic rings. The van der Waals surface area contributed by atoms with Crippen molar-refractivity contribution in [2.75, 3.05) is 13.7 Å². The number of aliphatic carboxylic acids is 1. The van der Waals surface area contributed by atoms with Gasteiger partial charge in [-0.2, -0.15) is 0 Å². The lowest BCUT2D eigenvalue weighted by molar-refractivity contribution is -0.177. The fourth-order valence-corrected chi connectivity index (χ4v) is 5.86. The van der Waals surface area contributed by atoms with Gasteiger partial charge in [0.05, 0.1) is 17.8 Å². The fraction of sp³-hybridized carbons (Fsp3) is 0.654. The number of hydrogen-bond donors (Lipinski definition) is 3. The van der Waals surface area contributed by atoms with Crippen LogP contribution in [0.3, 0.4) is 0 Å². The molecule has 0 aliphatic heterocycles. The highest BCUT2D eigenvalue weighted by Gasteiger charge is 2.62. The molecule has 0 heterocycles. The highest BCUT2D eigenvalue weighted by Crippen LogP contribution is 2.61. The first kappa shape index (κ1) is 24.7. The SMILES string of the molecule is CO[C@@]12CC[C@H](O)[C@@H](CCC(O)COc3ccccc3)[C@@H]1C(C)C2=CCCCCC(=O)O. The number of carboxylic acids is 1. The van der Waals surface area contributed by atoms with Crippen molar-refractivity contribution in [3.8, 4) is 5.75 Å². The Bertz CT molecular complexity index is 763. The summed E-state index contributed by atoms with van der Waals surface area (Å²) in [6.45, 7) is 2.44. The summed E-state index contributed by atoms with van der Waals surface area (Å²) in [5, 5.41) is 30.0. The molecule has 0 aromatic heterocycles. The second-order valence-electron chi connectivity index (χ2n) is 9.33. The van der Waals surface area contributed by atoms with Crippen LogP contribution in [0.5, 0.6) is 5.75 Å². The second kappa shape index (κ2) is 11.3. The van der Waals surface area contributed by atoms with Crippen LogP contribution in [0.15, 0.2) is 42.0 Å². The normalized spacial score (nSPS) is 31.6. The number of carboxylic acid groups (broad SMARTS) is 1. The molecule has 6 heteroatoms. The molecule has 6 nitrogen and oxygen atoms in total. The molecule has 2 saturated carbocycles. The molecule has 0 radical (unpaired) electrons. The average molecular weight is 447 g/mol. The first-order valence-corrected chi connectivity index (χ1v) is 11.9. The Labute approximate surface area is 191 Å². The van der Waals surface area contributed by atoms with E-state index in [9.17, 15) is 15.0 Å². The molecule has 178 valence electrons. The number of rotatable bonds is 12. The van der Waals surface area contributed by atoms with Crippen LogP contribution in [-0.4, -0.2) is 52.8 Å². The summed E-state index contributed by atoms with van der Waals surface area (Å²) in [5.74, 6) is 0.613. The van der Waals surface area contributed by atoms with E-state index in [0.717, 1.165) is 31.4 Å². The van der Waals surface area contributed by atoms with Gasteiger partial charge in [0.1, 0.15) is 12.4 Å². The number of ether oxygens (including phenoxy) is 2. The first-order chi connectivity index (χ1) is 15.4. The van der Waals surface area contributed by atoms with E-state index in [2.05, 4.69) is 13.0 Å². The fourth-order valence-electron chi connectivity index (χ4n) is 5.86. The summed E-state index contributed by atoms with van der Waals surface area (Å²) in [6, 6.07) is 9.47. The van der Waals surface area contributed by atoms with Crippen LogP contribution in [0.4, 0.5) is 0 Å². The Morgan fingerprint density at radius 1 is 1.28 bits per heavy atom. The molecule has 0 spiro atoms. The van der Waals surface area contributed by atoms with Gasteiger partial charge in [0.15, 0.2) is 0 Å². The minimum absolute atomic E-state index is 0.0780. The third-order valence-corrected chi connectivity index (χ3v) is 7.42. The van der Waals surface area contributed by atoms with E-state index in [-0.39, 0.29) is 36.6 Å². The molecule has 2 aliphatic carbocycles. The van der Waals surface area contributed by atoms with Gasteiger partial charge < -0.3 is 24.8 Å². The summed E-state index contributed by atoms with van der Waals surface area (Å²) in [5.41, 5.74) is 0.965. The zero-order valence-electron chi connectivity index (χ0n) is 19.3. The molecular weight excluding hydrogens is 408 g/mol. The quantitative estimate of drug-likeness (QED) is 0.329. The Morgan fingerprint density at radius 3 is 2.72 bits per heavy atom. The number of carbonyl (C=O) groups is 1. The maximum atomic E-state index is 10.8. The molecular formula is C26H38O6. The van der Waals surface area contributed by atoms with Crippen LogP contribution < -0.4 is 4.74 Å². The third kappa shape index (κ3) is 5.53. The molecule has 0 saturated heterocycles. The molecule has 2 unspecified atom stereocenters. The van der Waals surface area contributed by atoms with Crippen LogP contribution in [0, 0.1) is 17.8 Å². The number of benzene rings is 1. The highest BCUT2D eigenvalue weighted by molar-refractivity contribution is 5.66. The molecule has 0 bridgehead atoms. The number of methoxy groups -OCH3 is 1. The summed E-state index contributed by atoms with van der Waals surface area (Å²) < 4.78 is 11.8. The van der Waals surface area contributed by atoms with Crippen molar-refractivity contribution >= 4 is 5.97 Å². The topological polar surface area (TPSA) is 96.2 Å². The molecule has 1 aromatic rings. The lowest BCUT2D eigenvalue weighted by Crippen LogP contribution is -2.64. The van der Waals surface area contributed by atoms with E-state index in [0.29, 0.717) is 25.2 Å². The minimum Gasteiger partial charge on any atom is -0.491 e. The van der Waals surface area contributed by atoms with Crippen molar-refractivity contribution in [2.45, 2.75) is 76.1 Å². The van der Waals surface area contributed by atoms with Crippen LogP contribution in [0.25, 0.3) is 0 Å². The van der Waals surface area contributed by atoms with E-state index >= 15 is 0 Å². The van der Waals surface area contributed by atoms with Gasteiger partial charge in [-0.05, 0) is 74.5 Å². The number of hydrogen-bond acceptors (Lipinski definition) is 5. The number of aliphatic hydroxyl groups excluding tert-OH is 2. The first-order valence-electron chi connectivity index (χ1n) is 11.9. The Hall–Kier alpha value is -1.89. The summed E-state index contributed by atoms with van der Waals surface area (Å²) in [4.78, 5) is 10.7. The minimum atomic E-state index is -0.747. The maximum Gasteiger partial charge on any atom is 0.303 e. The van der Waals surface area contributed by atoms with Crippen LogP contribution in [0.1, 0.15) is 58.3 Å². The van der Waals surface area contributed by atoms with E-state index in [4.69, 9.17) is 14.6 Å². The number of unbranched alkanes of at least 4 members (excludes halogenated alkanes) is 2. The van der Waals surface area contributed by atoms with Crippen molar-refractivity contribution in [2.24, 2.45) is 17.8 Å². The highest BCUT2D eigenvalue weighted by atomic mass is 16.5. The van der Waals surface area contributed by atoms with Crippen molar-refractivity contribution in [3.63, 3.8) is 0 Å². The summed E-state index contributed by atoms with van der Waals surface area (Å²) in [6.07, 6.45) is 6.67. The van der Waals surface area contributed by atoms with E-state index in [1.165, 1.54) is 5.57 Å². The average Bonchev–Trinajstić information content (AvgIpc) is 2.79. The number of allylic oxidation sites excluding steroid dienone is 1. The van der Waals surface area contributed by atoms with Gasteiger partial charge in [-0.25, -0.2) is 0 Å².